The zero-order valence-electron chi connectivity index (χ0n) is 18.4. The molecule has 0 radical (unpaired) electrons. The summed E-state index contributed by atoms with van der Waals surface area (Å²) in [6.07, 6.45) is 18.3. The van der Waals surface area contributed by atoms with Crippen LogP contribution in [0.25, 0.3) is 0 Å². The fraction of sp³-hybridized carbons (Fsp3) is 0.593. The van der Waals surface area contributed by atoms with Crippen LogP contribution in [0.3, 0.4) is 0 Å². The van der Waals surface area contributed by atoms with Gasteiger partial charge >= 0.3 is 5.97 Å². The molecule has 2 heteroatoms. The lowest BCUT2D eigenvalue weighted by atomic mass is 9.60. The van der Waals surface area contributed by atoms with E-state index in [4.69, 9.17) is 0 Å². The third-order valence-electron chi connectivity index (χ3n) is 7.41. The van der Waals surface area contributed by atoms with Gasteiger partial charge in [-0.3, -0.25) is 4.79 Å². The largest absolute Gasteiger partial charge is 0.481 e. The molecule has 0 aromatic heterocycles. The predicted molar refractivity (Wildman–Crippen MR) is 121 cm³/mol. The van der Waals surface area contributed by atoms with E-state index in [-0.39, 0.29) is 5.41 Å². The fourth-order valence-electron chi connectivity index (χ4n) is 5.46. The molecule has 0 aliphatic heterocycles. The van der Waals surface area contributed by atoms with E-state index in [2.05, 4.69) is 57.2 Å². The SMILES string of the molecule is CCC[C@H]1CC[C@H](C2(c3ccccc3CC(C)CC)C=CC(C(=O)O)C=C2)CC1. The molecule has 2 nitrogen and oxygen atoms in total. The van der Waals surface area contributed by atoms with Gasteiger partial charge in [0.05, 0.1) is 5.92 Å². The normalized spacial score (nSPS) is 30.2. The maximum atomic E-state index is 11.5. The van der Waals surface area contributed by atoms with E-state index >= 15 is 0 Å². The van der Waals surface area contributed by atoms with E-state index in [0.717, 1.165) is 12.3 Å². The summed E-state index contributed by atoms with van der Waals surface area (Å²) in [6, 6.07) is 8.90. The molecule has 0 bridgehead atoms. The molecule has 0 heterocycles. The highest BCUT2D eigenvalue weighted by molar-refractivity contribution is 5.75. The van der Waals surface area contributed by atoms with Crippen LogP contribution < -0.4 is 0 Å². The summed E-state index contributed by atoms with van der Waals surface area (Å²) in [7, 11) is 0. The van der Waals surface area contributed by atoms with Crippen molar-refractivity contribution >= 4 is 5.97 Å². The zero-order chi connectivity index (χ0) is 20.9. The molecule has 0 amide bonds. The van der Waals surface area contributed by atoms with Gasteiger partial charge in [0.1, 0.15) is 0 Å². The number of carbonyl (C=O) groups is 1. The molecule has 2 aliphatic carbocycles. The van der Waals surface area contributed by atoms with Crippen molar-refractivity contribution < 1.29 is 9.90 Å². The Kier molecular flexibility index (Phi) is 7.38. The minimum absolute atomic E-state index is 0.160. The minimum Gasteiger partial charge on any atom is -0.481 e. The molecule has 0 spiro atoms. The molecular weight excluding hydrogens is 356 g/mol. The van der Waals surface area contributed by atoms with Crippen LogP contribution in [0.5, 0.6) is 0 Å². The Balaban J connectivity index is 1.97. The molecule has 1 atom stereocenters. The molecule has 2 aliphatic rings. The van der Waals surface area contributed by atoms with Gasteiger partial charge in [0.2, 0.25) is 0 Å². The first-order valence-corrected chi connectivity index (χ1v) is 11.7. The molecule has 1 aromatic carbocycles. The lowest BCUT2D eigenvalue weighted by Gasteiger charge is -2.43. The smallest absolute Gasteiger partial charge is 0.314 e. The van der Waals surface area contributed by atoms with Gasteiger partial charge in [0, 0.05) is 5.41 Å². The van der Waals surface area contributed by atoms with Crippen LogP contribution in [0, 0.1) is 23.7 Å². The van der Waals surface area contributed by atoms with Gasteiger partial charge < -0.3 is 5.11 Å². The lowest BCUT2D eigenvalue weighted by Crippen LogP contribution is -2.37. The van der Waals surface area contributed by atoms with Gasteiger partial charge in [0.15, 0.2) is 0 Å². The Morgan fingerprint density at radius 3 is 2.34 bits per heavy atom. The second-order valence-electron chi connectivity index (χ2n) is 9.40. The van der Waals surface area contributed by atoms with E-state index in [1.165, 1.54) is 56.1 Å². The quantitative estimate of drug-likeness (QED) is 0.485. The van der Waals surface area contributed by atoms with Crippen LogP contribution in [0.4, 0.5) is 0 Å². The second kappa shape index (κ2) is 9.78. The van der Waals surface area contributed by atoms with E-state index in [1.54, 1.807) is 0 Å². The molecule has 1 unspecified atom stereocenters. The van der Waals surface area contributed by atoms with Gasteiger partial charge in [-0.15, -0.1) is 0 Å². The molecule has 3 rings (SSSR count). The van der Waals surface area contributed by atoms with Crippen molar-refractivity contribution in [3.63, 3.8) is 0 Å². The van der Waals surface area contributed by atoms with E-state index in [9.17, 15) is 9.90 Å². The summed E-state index contributed by atoms with van der Waals surface area (Å²) in [5.41, 5.74) is 2.67. The maximum Gasteiger partial charge on any atom is 0.314 e. The predicted octanol–water partition coefficient (Wildman–Crippen LogP) is 6.95. The van der Waals surface area contributed by atoms with Crippen molar-refractivity contribution in [2.75, 3.05) is 0 Å². The number of carboxylic acid groups (broad SMARTS) is 1. The van der Waals surface area contributed by atoms with Crippen LogP contribution in [-0.4, -0.2) is 11.1 Å². The zero-order valence-corrected chi connectivity index (χ0v) is 18.4. The summed E-state index contributed by atoms with van der Waals surface area (Å²) in [4.78, 5) is 11.5. The molecule has 1 fully saturated rings. The highest BCUT2D eigenvalue weighted by Gasteiger charge is 2.41. The standard InChI is InChI=1S/C27H38O2/c1-4-8-21-11-13-24(14-12-21)27(17-15-22(16-18-27)26(28)29)25-10-7-6-9-23(25)19-20(3)5-2/h6-7,9-10,15-18,20-22,24H,4-5,8,11-14,19H2,1-3H3,(H,28,29)/t20?,21-,22?,24-,27?. The third-order valence-corrected chi connectivity index (χ3v) is 7.41. The first-order chi connectivity index (χ1) is 14.0. The van der Waals surface area contributed by atoms with E-state index in [0.29, 0.717) is 11.8 Å². The van der Waals surface area contributed by atoms with Crippen LogP contribution in [-0.2, 0) is 16.6 Å². The van der Waals surface area contributed by atoms with E-state index < -0.39 is 11.9 Å². The summed E-state index contributed by atoms with van der Waals surface area (Å²) >= 11 is 0. The fourth-order valence-corrected chi connectivity index (χ4v) is 5.46. The first-order valence-electron chi connectivity index (χ1n) is 11.7. The van der Waals surface area contributed by atoms with Gasteiger partial charge in [-0.1, -0.05) is 101 Å². The number of aliphatic carboxylic acids is 1. The average molecular weight is 395 g/mol. The van der Waals surface area contributed by atoms with Crippen molar-refractivity contribution in [1.29, 1.82) is 0 Å². The maximum absolute atomic E-state index is 11.5. The Morgan fingerprint density at radius 1 is 1.10 bits per heavy atom. The monoisotopic (exact) mass is 394 g/mol. The first kappa shape index (κ1) is 21.9. The summed E-state index contributed by atoms with van der Waals surface area (Å²) < 4.78 is 0. The highest BCUT2D eigenvalue weighted by atomic mass is 16.4. The summed E-state index contributed by atoms with van der Waals surface area (Å²) in [6.45, 7) is 6.87. The van der Waals surface area contributed by atoms with Crippen molar-refractivity contribution in [1.82, 2.24) is 0 Å². The van der Waals surface area contributed by atoms with Crippen LogP contribution in [0.15, 0.2) is 48.6 Å². The number of rotatable bonds is 8. The highest BCUT2D eigenvalue weighted by Crippen LogP contribution is 2.48. The molecule has 29 heavy (non-hydrogen) atoms. The topological polar surface area (TPSA) is 37.3 Å². The summed E-state index contributed by atoms with van der Waals surface area (Å²) in [5.74, 6) is 0.812. The molecular formula is C27H38O2. The Morgan fingerprint density at radius 2 is 1.76 bits per heavy atom. The Hall–Kier alpha value is -1.83. The number of allylic oxidation sites excluding steroid dienone is 2. The van der Waals surface area contributed by atoms with Gasteiger partial charge in [0.25, 0.3) is 0 Å². The molecule has 158 valence electrons. The van der Waals surface area contributed by atoms with Crippen LogP contribution in [0.1, 0.15) is 76.8 Å². The summed E-state index contributed by atoms with van der Waals surface area (Å²) in [5, 5.41) is 9.49. The molecule has 1 N–H and O–H groups in total. The second-order valence-corrected chi connectivity index (χ2v) is 9.40. The Bertz CT molecular complexity index is 723. The van der Waals surface area contributed by atoms with Gasteiger partial charge in [-0.25, -0.2) is 0 Å². The van der Waals surface area contributed by atoms with E-state index in [1.807, 2.05) is 12.2 Å². The van der Waals surface area contributed by atoms with Crippen molar-refractivity contribution in [2.45, 2.75) is 77.6 Å². The van der Waals surface area contributed by atoms with Crippen molar-refractivity contribution in [2.24, 2.45) is 23.7 Å². The Labute approximate surface area is 177 Å². The molecule has 1 saturated carbocycles. The van der Waals surface area contributed by atoms with Crippen LogP contribution in [0.2, 0.25) is 0 Å². The lowest BCUT2D eigenvalue weighted by molar-refractivity contribution is -0.138. The number of hydrogen-bond donors (Lipinski definition) is 1. The van der Waals surface area contributed by atoms with Gasteiger partial charge in [-0.2, -0.15) is 0 Å². The molecule has 0 saturated heterocycles. The molecule has 1 aromatic rings. The number of benzene rings is 1. The van der Waals surface area contributed by atoms with Crippen LogP contribution >= 0.6 is 0 Å². The third kappa shape index (κ3) is 4.85. The minimum atomic E-state index is -0.759. The average Bonchev–Trinajstić information content (AvgIpc) is 2.75. The van der Waals surface area contributed by atoms with Crippen molar-refractivity contribution in [3.05, 3.63) is 59.7 Å². The van der Waals surface area contributed by atoms with Crippen molar-refractivity contribution in [3.8, 4) is 0 Å². The number of hydrogen-bond acceptors (Lipinski definition) is 1. The van der Waals surface area contributed by atoms with Gasteiger partial charge in [-0.05, 0) is 48.1 Å². The number of carboxylic acids is 1.